The molecule has 0 saturated carbocycles. The van der Waals surface area contributed by atoms with Gasteiger partial charge in [-0.25, -0.2) is 0 Å². The van der Waals surface area contributed by atoms with E-state index in [0.29, 0.717) is 0 Å². The number of aryl methyl sites for hydroxylation is 1. The molecule has 0 unspecified atom stereocenters. The van der Waals surface area contributed by atoms with Gasteiger partial charge in [0.25, 0.3) is 0 Å². The number of aromatic nitrogens is 1. The summed E-state index contributed by atoms with van der Waals surface area (Å²) in [5.41, 5.74) is 6.36. The highest BCUT2D eigenvalue weighted by Gasteiger charge is 2.16. The molecule has 23 heavy (non-hydrogen) atoms. The molecule has 4 aromatic rings. The van der Waals surface area contributed by atoms with Gasteiger partial charge >= 0.3 is 0 Å². The van der Waals surface area contributed by atoms with Crippen molar-refractivity contribution in [3.63, 3.8) is 0 Å². The fourth-order valence-electron chi connectivity index (χ4n) is 3.42. The average molecular weight is 297 g/mol. The lowest BCUT2D eigenvalue weighted by atomic mass is 10.0. The number of benzene rings is 3. The van der Waals surface area contributed by atoms with Crippen LogP contribution in [0.1, 0.15) is 5.56 Å². The molecule has 0 amide bonds. The zero-order chi connectivity index (χ0) is 15.8. The highest BCUT2D eigenvalue weighted by Crippen LogP contribution is 2.38. The van der Waals surface area contributed by atoms with Gasteiger partial charge in [-0.3, -0.25) is 0 Å². The summed E-state index contributed by atoms with van der Waals surface area (Å²) >= 11 is 0. The van der Waals surface area contributed by atoms with Crippen LogP contribution in [0.15, 0.2) is 78.9 Å². The van der Waals surface area contributed by atoms with E-state index in [1.54, 1.807) is 0 Å². The zero-order valence-electron chi connectivity index (χ0n) is 13.5. The second-order valence-electron chi connectivity index (χ2n) is 6.04. The first kappa shape index (κ1) is 13.8. The van der Waals surface area contributed by atoms with Gasteiger partial charge in [-0.1, -0.05) is 78.4 Å². The summed E-state index contributed by atoms with van der Waals surface area (Å²) in [5, 5.41) is 2.63. The topological polar surface area (TPSA) is 4.93 Å². The van der Waals surface area contributed by atoms with Crippen molar-refractivity contribution in [3.05, 3.63) is 84.4 Å². The van der Waals surface area contributed by atoms with Crippen LogP contribution in [-0.2, 0) is 7.05 Å². The van der Waals surface area contributed by atoms with E-state index in [0.717, 1.165) is 0 Å². The quantitative estimate of drug-likeness (QED) is 0.439. The van der Waals surface area contributed by atoms with Crippen LogP contribution in [-0.4, -0.2) is 4.57 Å². The SMILES string of the molecule is Cc1ccc2c(-c3ccccc3)n(C)c(-c3ccccc3)c2c1. The van der Waals surface area contributed by atoms with E-state index >= 15 is 0 Å². The lowest BCUT2D eigenvalue weighted by molar-refractivity contribution is 0.951. The number of nitrogens with zero attached hydrogens (tertiary/aromatic N) is 1. The van der Waals surface area contributed by atoms with Crippen LogP contribution in [0.5, 0.6) is 0 Å². The van der Waals surface area contributed by atoms with Gasteiger partial charge in [0.1, 0.15) is 0 Å². The summed E-state index contributed by atoms with van der Waals surface area (Å²) in [6.45, 7) is 2.16. The predicted molar refractivity (Wildman–Crippen MR) is 98.5 cm³/mol. The molecule has 0 aliphatic carbocycles. The Bertz CT molecular complexity index is 963. The lowest BCUT2D eigenvalue weighted by Gasteiger charge is -2.08. The van der Waals surface area contributed by atoms with Gasteiger partial charge in [-0.15, -0.1) is 0 Å². The second kappa shape index (κ2) is 5.44. The standard InChI is InChI=1S/C22H19N/c1-16-13-14-19-20(15-16)22(18-11-7-4-8-12-18)23(2)21(19)17-9-5-3-6-10-17/h3-15H,1-2H3. The Labute approximate surface area is 136 Å². The molecule has 1 heteroatoms. The molecule has 1 nitrogen and oxygen atoms in total. The van der Waals surface area contributed by atoms with Crippen LogP contribution in [0.2, 0.25) is 0 Å². The minimum absolute atomic E-state index is 1.26. The molecule has 0 radical (unpaired) electrons. The van der Waals surface area contributed by atoms with E-state index < -0.39 is 0 Å². The van der Waals surface area contributed by atoms with Crippen molar-refractivity contribution in [2.45, 2.75) is 6.92 Å². The van der Waals surface area contributed by atoms with Gasteiger partial charge in [0.15, 0.2) is 0 Å². The average Bonchev–Trinajstić information content (AvgIpc) is 2.87. The smallest absolute Gasteiger partial charge is 0.0562 e. The van der Waals surface area contributed by atoms with E-state index in [9.17, 15) is 0 Å². The molecule has 0 spiro atoms. The summed E-state index contributed by atoms with van der Waals surface area (Å²) in [7, 11) is 2.17. The van der Waals surface area contributed by atoms with Crippen molar-refractivity contribution in [3.8, 4) is 22.5 Å². The van der Waals surface area contributed by atoms with Crippen molar-refractivity contribution in [1.82, 2.24) is 4.57 Å². The van der Waals surface area contributed by atoms with Gasteiger partial charge in [-0.05, 0) is 24.1 Å². The van der Waals surface area contributed by atoms with Gasteiger partial charge in [0.2, 0.25) is 0 Å². The van der Waals surface area contributed by atoms with E-state index in [-0.39, 0.29) is 0 Å². The molecule has 0 aliphatic heterocycles. The van der Waals surface area contributed by atoms with Crippen LogP contribution in [0.4, 0.5) is 0 Å². The monoisotopic (exact) mass is 297 g/mol. The van der Waals surface area contributed by atoms with Crippen LogP contribution in [0.3, 0.4) is 0 Å². The first-order valence-electron chi connectivity index (χ1n) is 7.95. The third-order valence-corrected chi connectivity index (χ3v) is 4.45. The van der Waals surface area contributed by atoms with Crippen LogP contribution < -0.4 is 0 Å². The van der Waals surface area contributed by atoms with Crippen molar-refractivity contribution in [2.75, 3.05) is 0 Å². The van der Waals surface area contributed by atoms with Crippen LogP contribution >= 0.6 is 0 Å². The normalized spacial score (nSPS) is 11.0. The number of fused-ring (bicyclic) bond motifs is 1. The lowest BCUT2D eigenvalue weighted by Crippen LogP contribution is -1.94. The third kappa shape index (κ3) is 2.25. The first-order chi connectivity index (χ1) is 11.3. The van der Waals surface area contributed by atoms with Crippen molar-refractivity contribution in [2.24, 2.45) is 7.05 Å². The Morgan fingerprint density at radius 2 is 1.13 bits per heavy atom. The van der Waals surface area contributed by atoms with Gasteiger partial charge in [0.05, 0.1) is 11.4 Å². The van der Waals surface area contributed by atoms with E-state index in [1.165, 1.54) is 38.9 Å². The Morgan fingerprint density at radius 3 is 1.70 bits per heavy atom. The molecule has 0 atom stereocenters. The van der Waals surface area contributed by atoms with Crippen molar-refractivity contribution in [1.29, 1.82) is 0 Å². The predicted octanol–water partition coefficient (Wildman–Crippen LogP) is 5.82. The molecule has 0 aliphatic rings. The molecule has 1 heterocycles. The van der Waals surface area contributed by atoms with Crippen LogP contribution in [0, 0.1) is 6.92 Å². The van der Waals surface area contributed by atoms with E-state index in [2.05, 4.69) is 97.4 Å². The Morgan fingerprint density at radius 1 is 0.609 bits per heavy atom. The maximum Gasteiger partial charge on any atom is 0.0562 e. The summed E-state index contributed by atoms with van der Waals surface area (Å²) in [4.78, 5) is 0. The zero-order valence-corrected chi connectivity index (χ0v) is 13.5. The number of rotatable bonds is 2. The van der Waals surface area contributed by atoms with Crippen molar-refractivity contribution < 1.29 is 0 Å². The highest BCUT2D eigenvalue weighted by molar-refractivity contribution is 6.05. The Balaban J connectivity index is 2.11. The second-order valence-corrected chi connectivity index (χ2v) is 6.04. The molecular weight excluding hydrogens is 278 g/mol. The summed E-state index contributed by atoms with van der Waals surface area (Å²) < 4.78 is 2.33. The Kier molecular flexibility index (Phi) is 3.27. The molecular formula is C22H19N. The number of hydrogen-bond donors (Lipinski definition) is 0. The minimum Gasteiger partial charge on any atom is -0.343 e. The molecule has 3 aromatic carbocycles. The molecule has 0 saturated heterocycles. The first-order valence-corrected chi connectivity index (χ1v) is 7.95. The minimum atomic E-state index is 1.26. The van der Waals surface area contributed by atoms with Gasteiger partial charge in [0, 0.05) is 17.8 Å². The third-order valence-electron chi connectivity index (χ3n) is 4.45. The molecule has 0 fully saturated rings. The molecule has 112 valence electrons. The van der Waals surface area contributed by atoms with Crippen molar-refractivity contribution >= 4 is 10.8 Å². The van der Waals surface area contributed by atoms with Gasteiger partial charge in [-0.2, -0.15) is 0 Å². The maximum absolute atomic E-state index is 2.33. The fraction of sp³-hybridized carbons (Fsp3) is 0.0909. The highest BCUT2D eigenvalue weighted by atomic mass is 15.0. The summed E-state index contributed by atoms with van der Waals surface area (Å²) in [6, 6.07) is 28.0. The summed E-state index contributed by atoms with van der Waals surface area (Å²) in [5.74, 6) is 0. The van der Waals surface area contributed by atoms with Gasteiger partial charge < -0.3 is 4.57 Å². The van der Waals surface area contributed by atoms with E-state index in [4.69, 9.17) is 0 Å². The molecule has 0 bridgehead atoms. The van der Waals surface area contributed by atoms with E-state index in [1.807, 2.05) is 0 Å². The molecule has 0 N–H and O–H groups in total. The largest absolute Gasteiger partial charge is 0.343 e. The maximum atomic E-state index is 2.33. The fourth-order valence-corrected chi connectivity index (χ4v) is 3.42. The Hall–Kier alpha value is -2.80. The molecule has 1 aromatic heterocycles. The summed E-state index contributed by atoms with van der Waals surface area (Å²) in [6.07, 6.45) is 0. The van der Waals surface area contributed by atoms with Crippen LogP contribution in [0.25, 0.3) is 33.3 Å². The molecule has 4 rings (SSSR count). The number of hydrogen-bond acceptors (Lipinski definition) is 0.